The number of hydrogen-bond acceptors (Lipinski definition) is 3. The van der Waals surface area contributed by atoms with Gasteiger partial charge in [0.2, 0.25) is 5.91 Å². The number of anilines is 1. The second-order valence-electron chi connectivity index (χ2n) is 5.17. The molecule has 0 unspecified atom stereocenters. The van der Waals surface area contributed by atoms with Crippen LogP contribution < -0.4 is 5.32 Å². The van der Waals surface area contributed by atoms with Crippen LogP contribution in [0.2, 0.25) is 5.02 Å². The molecule has 110 valence electrons. The number of para-hydroxylation sites is 1. The molecule has 0 spiro atoms. The molecule has 2 heterocycles. The molecule has 0 bridgehead atoms. The standard InChI is InChI=1S/C16H17ClN2OS/c17-13-3-1-2-4-14(13)18-16(20)6-9-19-8-5-15-12(11-19)7-10-21-15/h1-4,7,10H,5-6,8-9,11H2,(H,18,20). The maximum absolute atomic E-state index is 12.0. The van der Waals surface area contributed by atoms with Gasteiger partial charge in [0, 0.05) is 30.9 Å². The summed E-state index contributed by atoms with van der Waals surface area (Å²) in [5.74, 6) is 0.0132. The van der Waals surface area contributed by atoms with Gasteiger partial charge in [-0.3, -0.25) is 9.69 Å². The lowest BCUT2D eigenvalue weighted by molar-refractivity contribution is -0.116. The summed E-state index contributed by atoms with van der Waals surface area (Å²) in [5.41, 5.74) is 2.10. The minimum absolute atomic E-state index is 0.0132. The summed E-state index contributed by atoms with van der Waals surface area (Å²) < 4.78 is 0. The lowest BCUT2D eigenvalue weighted by Crippen LogP contribution is -2.32. The van der Waals surface area contributed by atoms with Crippen LogP contribution in [0.25, 0.3) is 0 Å². The van der Waals surface area contributed by atoms with E-state index in [-0.39, 0.29) is 5.91 Å². The molecule has 0 fully saturated rings. The number of fused-ring (bicyclic) bond motifs is 1. The predicted octanol–water partition coefficient (Wildman–Crippen LogP) is 3.79. The first-order chi connectivity index (χ1) is 10.2. The van der Waals surface area contributed by atoms with Crippen LogP contribution in [0.1, 0.15) is 16.9 Å². The number of nitrogens with zero attached hydrogens (tertiary/aromatic N) is 1. The third-order valence-electron chi connectivity index (χ3n) is 3.69. The van der Waals surface area contributed by atoms with Crippen LogP contribution in [0.3, 0.4) is 0 Å². The Morgan fingerprint density at radius 1 is 1.33 bits per heavy atom. The zero-order valence-electron chi connectivity index (χ0n) is 11.6. The van der Waals surface area contributed by atoms with Crippen LogP contribution in [0, 0.1) is 0 Å². The molecule has 1 aliphatic rings. The molecule has 2 aromatic rings. The van der Waals surface area contributed by atoms with Gasteiger partial charge in [-0.1, -0.05) is 23.7 Å². The SMILES string of the molecule is O=C(CCN1CCc2sccc2C1)Nc1ccccc1Cl. The molecule has 5 heteroatoms. The fourth-order valence-electron chi connectivity index (χ4n) is 2.53. The van der Waals surface area contributed by atoms with Gasteiger partial charge in [0.1, 0.15) is 0 Å². The van der Waals surface area contributed by atoms with Crippen molar-refractivity contribution in [3.63, 3.8) is 0 Å². The van der Waals surface area contributed by atoms with Gasteiger partial charge in [0.05, 0.1) is 10.7 Å². The summed E-state index contributed by atoms with van der Waals surface area (Å²) in [4.78, 5) is 15.8. The van der Waals surface area contributed by atoms with E-state index in [0.717, 1.165) is 26.1 Å². The molecule has 3 nitrogen and oxygen atoms in total. The van der Waals surface area contributed by atoms with Gasteiger partial charge in [-0.15, -0.1) is 11.3 Å². The molecule has 1 aromatic carbocycles. The van der Waals surface area contributed by atoms with E-state index in [2.05, 4.69) is 21.7 Å². The normalized spacial score (nSPS) is 14.7. The summed E-state index contributed by atoms with van der Waals surface area (Å²) in [6.45, 7) is 2.77. The molecule has 1 aromatic heterocycles. The van der Waals surface area contributed by atoms with Gasteiger partial charge >= 0.3 is 0 Å². The molecule has 0 saturated carbocycles. The van der Waals surface area contributed by atoms with Gasteiger partial charge in [0.15, 0.2) is 0 Å². The Kier molecular flexibility index (Phi) is 4.58. The monoisotopic (exact) mass is 320 g/mol. The van der Waals surface area contributed by atoms with Crippen LogP contribution in [0.4, 0.5) is 5.69 Å². The van der Waals surface area contributed by atoms with Crippen molar-refractivity contribution in [2.45, 2.75) is 19.4 Å². The Labute approximate surface area is 133 Å². The number of amides is 1. The summed E-state index contributed by atoms with van der Waals surface area (Å²) in [5, 5.41) is 5.60. The van der Waals surface area contributed by atoms with Crippen molar-refractivity contribution in [2.24, 2.45) is 0 Å². The first kappa shape index (κ1) is 14.6. The Balaban J connectivity index is 1.50. The predicted molar refractivity (Wildman–Crippen MR) is 88.0 cm³/mol. The highest BCUT2D eigenvalue weighted by atomic mass is 35.5. The van der Waals surface area contributed by atoms with Crippen LogP contribution in [0.15, 0.2) is 35.7 Å². The lowest BCUT2D eigenvalue weighted by atomic mass is 10.1. The number of thiophene rings is 1. The Bertz CT molecular complexity index is 641. The topological polar surface area (TPSA) is 32.3 Å². The Morgan fingerprint density at radius 2 is 2.19 bits per heavy atom. The number of carbonyl (C=O) groups is 1. The van der Waals surface area contributed by atoms with E-state index in [0.29, 0.717) is 17.1 Å². The van der Waals surface area contributed by atoms with Crippen molar-refractivity contribution in [1.82, 2.24) is 4.90 Å². The highest BCUT2D eigenvalue weighted by Crippen LogP contribution is 2.24. The molecule has 1 amide bonds. The van der Waals surface area contributed by atoms with E-state index in [1.165, 1.54) is 10.4 Å². The van der Waals surface area contributed by atoms with Crippen molar-refractivity contribution < 1.29 is 4.79 Å². The number of rotatable bonds is 4. The Morgan fingerprint density at radius 3 is 3.05 bits per heavy atom. The third-order valence-corrected chi connectivity index (χ3v) is 5.04. The highest BCUT2D eigenvalue weighted by Gasteiger charge is 2.17. The maximum atomic E-state index is 12.0. The summed E-state index contributed by atoms with van der Waals surface area (Å²) in [6.07, 6.45) is 1.59. The fourth-order valence-corrected chi connectivity index (χ4v) is 3.61. The van der Waals surface area contributed by atoms with Crippen LogP contribution in [-0.2, 0) is 17.8 Å². The quantitative estimate of drug-likeness (QED) is 0.929. The highest BCUT2D eigenvalue weighted by molar-refractivity contribution is 7.10. The molecule has 0 aliphatic carbocycles. The molecular formula is C16H17ClN2OS. The zero-order valence-corrected chi connectivity index (χ0v) is 13.2. The van der Waals surface area contributed by atoms with Crippen molar-refractivity contribution in [3.8, 4) is 0 Å². The van der Waals surface area contributed by atoms with Crippen molar-refractivity contribution in [1.29, 1.82) is 0 Å². The number of hydrogen-bond donors (Lipinski definition) is 1. The Hall–Kier alpha value is -1.36. The van der Waals surface area contributed by atoms with E-state index < -0.39 is 0 Å². The number of benzene rings is 1. The second kappa shape index (κ2) is 6.60. The van der Waals surface area contributed by atoms with Gasteiger partial charge in [0.25, 0.3) is 0 Å². The molecule has 1 N–H and O–H groups in total. The molecule has 0 radical (unpaired) electrons. The van der Waals surface area contributed by atoms with E-state index in [1.807, 2.05) is 29.5 Å². The first-order valence-corrected chi connectivity index (χ1v) is 8.30. The largest absolute Gasteiger partial charge is 0.325 e. The van der Waals surface area contributed by atoms with Gasteiger partial charge in [-0.25, -0.2) is 0 Å². The zero-order chi connectivity index (χ0) is 14.7. The van der Waals surface area contributed by atoms with E-state index in [4.69, 9.17) is 11.6 Å². The number of carbonyl (C=O) groups excluding carboxylic acids is 1. The second-order valence-corrected chi connectivity index (χ2v) is 6.58. The number of nitrogens with one attached hydrogen (secondary N) is 1. The van der Waals surface area contributed by atoms with Crippen molar-refractivity contribution >= 4 is 34.5 Å². The van der Waals surface area contributed by atoms with Crippen LogP contribution >= 0.6 is 22.9 Å². The smallest absolute Gasteiger partial charge is 0.225 e. The molecule has 3 rings (SSSR count). The number of halogens is 1. The summed E-state index contributed by atoms with van der Waals surface area (Å²) in [7, 11) is 0. The molecule has 1 aliphatic heterocycles. The first-order valence-electron chi connectivity index (χ1n) is 7.04. The minimum atomic E-state index is 0.0132. The van der Waals surface area contributed by atoms with Gasteiger partial charge < -0.3 is 5.32 Å². The summed E-state index contributed by atoms with van der Waals surface area (Å²) >= 11 is 7.87. The third kappa shape index (κ3) is 3.64. The fraction of sp³-hybridized carbons (Fsp3) is 0.312. The van der Waals surface area contributed by atoms with E-state index in [9.17, 15) is 4.79 Å². The average Bonchev–Trinajstić information content (AvgIpc) is 2.95. The van der Waals surface area contributed by atoms with Crippen molar-refractivity contribution in [3.05, 3.63) is 51.2 Å². The molecule has 21 heavy (non-hydrogen) atoms. The van der Waals surface area contributed by atoms with Crippen LogP contribution in [0.5, 0.6) is 0 Å². The molecule has 0 saturated heterocycles. The van der Waals surface area contributed by atoms with Crippen molar-refractivity contribution in [2.75, 3.05) is 18.4 Å². The van der Waals surface area contributed by atoms with E-state index >= 15 is 0 Å². The van der Waals surface area contributed by atoms with Gasteiger partial charge in [-0.2, -0.15) is 0 Å². The lowest BCUT2D eigenvalue weighted by Gasteiger charge is -2.26. The van der Waals surface area contributed by atoms with Gasteiger partial charge in [-0.05, 0) is 35.6 Å². The molecule has 0 atom stereocenters. The minimum Gasteiger partial charge on any atom is -0.325 e. The summed E-state index contributed by atoms with van der Waals surface area (Å²) in [6, 6.07) is 9.50. The van der Waals surface area contributed by atoms with Crippen LogP contribution in [-0.4, -0.2) is 23.9 Å². The maximum Gasteiger partial charge on any atom is 0.225 e. The molecular weight excluding hydrogens is 304 g/mol. The average molecular weight is 321 g/mol. The van der Waals surface area contributed by atoms with E-state index in [1.54, 1.807) is 6.07 Å².